The lowest BCUT2D eigenvalue weighted by Gasteiger charge is -2.34. The molecular formula is C23H37ClN2O4. The first kappa shape index (κ1) is 26.2. The number of hydrogen-bond donors (Lipinski definition) is 2. The lowest BCUT2D eigenvalue weighted by atomic mass is 10.1. The number of nitrogens with one attached hydrogen (secondary N) is 1. The first-order valence-corrected chi connectivity index (χ1v) is 11.0. The van der Waals surface area contributed by atoms with Crippen LogP contribution in [0.1, 0.15) is 70.8 Å². The molecule has 0 radical (unpaired) electrons. The van der Waals surface area contributed by atoms with Gasteiger partial charge in [-0.3, -0.25) is 9.69 Å². The molecule has 2 unspecified atom stereocenters. The largest absolute Gasteiger partial charge is 0.480 e. The van der Waals surface area contributed by atoms with Crippen molar-refractivity contribution >= 4 is 24.3 Å². The number of nitrogens with zero attached hydrogens (tertiary/aromatic N) is 1. The Morgan fingerprint density at radius 1 is 1.10 bits per heavy atom. The highest BCUT2D eigenvalue weighted by Crippen LogP contribution is 2.21. The number of likely N-dealkylation sites (tertiary alicyclic amines) is 1. The molecule has 2 rings (SSSR count). The third-order valence-electron chi connectivity index (χ3n) is 5.36. The van der Waals surface area contributed by atoms with Crippen LogP contribution in [0.5, 0.6) is 5.75 Å². The van der Waals surface area contributed by atoms with Crippen molar-refractivity contribution in [1.82, 2.24) is 10.2 Å². The summed E-state index contributed by atoms with van der Waals surface area (Å²) in [6, 6.07) is 6.68. The molecule has 0 aromatic heterocycles. The van der Waals surface area contributed by atoms with Crippen LogP contribution in [0, 0.1) is 0 Å². The summed E-state index contributed by atoms with van der Waals surface area (Å²) < 4.78 is 6.25. The van der Waals surface area contributed by atoms with Gasteiger partial charge in [0.15, 0.2) is 6.23 Å². The van der Waals surface area contributed by atoms with Gasteiger partial charge in [0.1, 0.15) is 11.8 Å². The van der Waals surface area contributed by atoms with Crippen LogP contribution in [0.15, 0.2) is 24.3 Å². The first-order chi connectivity index (χ1) is 14.0. The summed E-state index contributed by atoms with van der Waals surface area (Å²) >= 11 is 0. The fraction of sp³-hybridized carbons (Fsp3) is 0.652. The van der Waals surface area contributed by atoms with Gasteiger partial charge in [-0.25, -0.2) is 4.79 Å². The monoisotopic (exact) mass is 440 g/mol. The van der Waals surface area contributed by atoms with Crippen LogP contribution in [-0.4, -0.2) is 47.2 Å². The molecule has 1 aliphatic heterocycles. The van der Waals surface area contributed by atoms with E-state index in [4.69, 9.17) is 4.74 Å². The minimum atomic E-state index is -1.01. The van der Waals surface area contributed by atoms with Crippen LogP contribution < -0.4 is 10.1 Å². The van der Waals surface area contributed by atoms with Crippen LogP contribution >= 0.6 is 12.4 Å². The SMILES string of the molecule is CCCCC(=O)NC(Cc1ccc(OC(CCC)N2CCCCC2)cc1)C(=O)O.Cl. The van der Waals surface area contributed by atoms with Crippen LogP contribution in [0.25, 0.3) is 0 Å². The number of carbonyl (C=O) groups is 2. The minimum Gasteiger partial charge on any atom is -0.480 e. The molecule has 0 aliphatic carbocycles. The van der Waals surface area contributed by atoms with E-state index in [9.17, 15) is 14.7 Å². The molecule has 2 N–H and O–H groups in total. The molecule has 1 aliphatic rings. The van der Waals surface area contributed by atoms with Crippen molar-refractivity contribution < 1.29 is 19.4 Å². The van der Waals surface area contributed by atoms with Gasteiger partial charge in [-0.2, -0.15) is 0 Å². The fourth-order valence-electron chi connectivity index (χ4n) is 3.67. The van der Waals surface area contributed by atoms with Crippen molar-refractivity contribution in [2.24, 2.45) is 0 Å². The second-order valence-electron chi connectivity index (χ2n) is 7.87. The molecule has 0 spiro atoms. The Kier molecular flexibility index (Phi) is 12.5. The minimum absolute atomic E-state index is 0. The number of hydrogen-bond acceptors (Lipinski definition) is 4. The molecule has 1 saturated heterocycles. The predicted octanol–water partition coefficient (Wildman–Crippen LogP) is 4.40. The van der Waals surface area contributed by atoms with Crippen LogP contribution in [0.4, 0.5) is 0 Å². The smallest absolute Gasteiger partial charge is 0.326 e. The van der Waals surface area contributed by atoms with E-state index in [1.165, 1.54) is 19.3 Å². The van der Waals surface area contributed by atoms with Gasteiger partial charge in [0, 0.05) is 25.9 Å². The Morgan fingerprint density at radius 2 is 1.77 bits per heavy atom. The number of piperidine rings is 1. The van der Waals surface area contributed by atoms with Crippen molar-refractivity contribution in [3.05, 3.63) is 29.8 Å². The number of benzene rings is 1. The van der Waals surface area contributed by atoms with Crippen LogP contribution in [0.3, 0.4) is 0 Å². The third kappa shape index (κ3) is 8.92. The quantitative estimate of drug-likeness (QED) is 0.503. The van der Waals surface area contributed by atoms with Crippen LogP contribution in [-0.2, 0) is 16.0 Å². The van der Waals surface area contributed by atoms with Gasteiger partial charge in [0.25, 0.3) is 0 Å². The number of unbranched alkanes of at least 4 members (excludes halogenated alkanes) is 1. The topological polar surface area (TPSA) is 78.9 Å². The van der Waals surface area contributed by atoms with Gasteiger partial charge >= 0.3 is 5.97 Å². The summed E-state index contributed by atoms with van der Waals surface area (Å²) in [5.41, 5.74) is 0.866. The highest BCUT2D eigenvalue weighted by Gasteiger charge is 2.22. The zero-order valence-corrected chi connectivity index (χ0v) is 19.1. The number of carboxylic acid groups (broad SMARTS) is 1. The maximum absolute atomic E-state index is 11.9. The number of ether oxygens (including phenoxy) is 1. The van der Waals surface area contributed by atoms with Crippen molar-refractivity contribution in [2.75, 3.05) is 13.1 Å². The molecular weight excluding hydrogens is 404 g/mol. The third-order valence-corrected chi connectivity index (χ3v) is 5.36. The molecule has 1 fully saturated rings. The van der Waals surface area contributed by atoms with Crippen LogP contribution in [0.2, 0.25) is 0 Å². The van der Waals surface area contributed by atoms with Crippen molar-refractivity contribution in [3.8, 4) is 5.75 Å². The standard InChI is InChI=1S/C23H36N2O4.ClH/c1-3-5-10-21(26)24-20(23(27)28)17-18-11-13-19(14-12-18)29-22(9-4-2)25-15-7-6-8-16-25;/h11-14,20,22H,3-10,15-17H2,1-2H3,(H,24,26)(H,27,28);1H. The van der Waals surface area contributed by atoms with Gasteiger partial charge in [-0.1, -0.05) is 45.2 Å². The summed E-state index contributed by atoms with van der Waals surface area (Å²) in [5, 5.41) is 12.1. The number of carboxylic acids is 1. The molecule has 0 saturated carbocycles. The highest BCUT2D eigenvalue weighted by molar-refractivity contribution is 5.85. The maximum atomic E-state index is 11.9. The van der Waals surface area contributed by atoms with E-state index < -0.39 is 12.0 Å². The summed E-state index contributed by atoms with van der Waals surface area (Å²) in [7, 11) is 0. The van der Waals surface area contributed by atoms with E-state index in [0.717, 1.165) is 50.1 Å². The Balaban J connectivity index is 0.00000450. The number of halogens is 1. The average molecular weight is 441 g/mol. The molecule has 1 aromatic carbocycles. The lowest BCUT2D eigenvalue weighted by Crippen LogP contribution is -2.42. The zero-order valence-electron chi connectivity index (χ0n) is 18.3. The number of rotatable bonds is 12. The van der Waals surface area contributed by atoms with E-state index in [0.29, 0.717) is 6.42 Å². The second-order valence-corrected chi connectivity index (χ2v) is 7.87. The van der Waals surface area contributed by atoms with Crippen molar-refractivity contribution in [3.63, 3.8) is 0 Å². The molecule has 0 bridgehead atoms. The van der Waals surface area contributed by atoms with Gasteiger partial charge in [0.2, 0.25) is 5.91 Å². The lowest BCUT2D eigenvalue weighted by molar-refractivity contribution is -0.141. The number of amides is 1. The average Bonchev–Trinajstić information content (AvgIpc) is 2.73. The van der Waals surface area contributed by atoms with Crippen molar-refractivity contribution in [2.45, 2.75) is 83.9 Å². The highest BCUT2D eigenvalue weighted by atomic mass is 35.5. The molecule has 1 amide bonds. The van der Waals surface area contributed by atoms with Crippen molar-refractivity contribution in [1.29, 1.82) is 0 Å². The second kappa shape index (κ2) is 14.3. The summed E-state index contributed by atoms with van der Waals surface area (Å²) in [6.07, 6.45) is 8.19. The summed E-state index contributed by atoms with van der Waals surface area (Å²) in [5.74, 6) is -0.414. The Labute approximate surface area is 186 Å². The Bertz CT molecular complexity index is 633. The zero-order chi connectivity index (χ0) is 21.1. The Morgan fingerprint density at radius 3 is 2.33 bits per heavy atom. The van der Waals surface area contributed by atoms with Gasteiger partial charge in [-0.05, 0) is 43.4 Å². The van der Waals surface area contributed by atoms with E-state index in [1.807, 2.05) is 31.2 Å². The van der Waals surface area contributed by atoms with Gasteiger partial charge < -0.3 is 15.2 Å². The molecule has 1 aromatic rings. The fourth-order valence-corrected chi connectivity index (χ4v) is 3.67. The van der Waals surface area contributed by atoms with E-state index >= 15 is 0 Å². The molecule has 2 atom stereocenters. The van der Waals surface area contributed by atoms with E-state index in [-0.39, 0.29) is 31.0 Å². The molecule has 7 heteroatoms. The molecule has 1 heterocycles. The molecule has 6 nitrogen and oxygen atoms in total. The summed E-state index contributed by atoms with van der Waals surface area (Å²) in [6.45, 7) is 6.34. The first-order valence-electron chi connectivity index (χ1n) is 11.0. The Hall–Kier alpha value is -1.79. The van der Waals surface area contributed by atoms with E-state index in [2.05, 4.69) is 17.1 Å². The summed E-state index contributed by atoms with van der Waals surface area (Å²) in [4.78, 5) is 25.8. The van der Waals surface area contributed by atoms with E-state index in [1.54, 1.807) is 0 Å². The maximum Gasteiger partial charge on any atom is 0.326 e. The normalized spacial score (nSPS) is 16.2. The van der Waals surface area contributed by atoms with Gasteiger partial charge in [0.05, 0.1) is 0 Å². The predicted molar refractivity (Wildman–Crippen MR) is 121 cm³/mol. The van der Waals surface area contributed by atoms with Gasteiger partial charge in [-0.15, -0.1) is 12.4 Å². The number of carbonyl (C=O) groups excluding carboxylic acids is 1. The number of aliphatic carboxylic acids is 1. The molecule has 30 heavy (non-hydrogen) atoms. The molecule has 170 valence electrons.